The number of carboxylic acids is 1. The van der Waals surface area contributed by atoms with Crippen LogP contribution in [0.25, 0.3) is 11.1 Å². The van der Waals surface area contributed by atoms with Crippen LogP contribution < -0.4 is 0 Å². The van der Waals surface area contributed by atoms with Crippen molar-refractivity contribution < 1.29 is 14.3 Å². The van der Waals surface area contributed by atoms with E-state index in [0.29, 0.717) is 11.1 Å². The van der Waals surface area contributed by atoms with Gasteiger partial charge in [-0.15, -0.1) is 0 Å². The molecule has 4 heteroatoms. The maximum Gasteiger partial charge on any atom is 0.335 e. The van der Waals surface area contributed by atoms with Crippen molar-refractivity contribution in [2.45, 2.75) is 6.92 Å². The van der Waals surface area contributed by atoms with Crippen LogP contribution in [0.15, 0.2) is 36.4 Å². The lowest BCUT2D eigenvalue weighted by Gasteiger charge is -2.06. The van der Waals surface area contributed by atoms with Gasteiger partial charge in [0, 0.05) is 5.02 Å². The van der Waals surface area contributed by atoms with Crippen LogP contribution in [0.2, 0.25) is 5.02 Å². The van der Waals surface area contributed by atoms with Crippen molar-refractivity contribution in [2.24, 2.45) is 0 Å². The van der Waals surface area contributed by atoms with E-state index in [1.807, 2.05) is 0 Å². The minimum absolute atomic E-state index is 0.172. The molecule has 2 rings (SSSR count). The molecule has 0 spiro atoms. The van der Waals surface area contributed by atoms with Crippen molar-refractivity contribution in [1.29, 1.82) is 0 Å². The van der Waals surface area contributed by atoms with Gasteiger partial charge in [-0.25, -0.2) is 9.18 Å². The quantitative estimate of drug-likeness (QED) is 0.885. The zero-order chi connectivity index (χ0) is 13.3. The Hall–Kier alpha value is -1.87. The van der Waals surface area contributed by atoms with Gasteiger partial charge in [0.2, 0.25) is 0 Å². The average Bonchev–Trinajstić information content (AvgIpc) is 2.26. The zero-order valence-corrected chi connectivity index (χ0v) is 10.3. The van der Waals surface area contributed by atoms with Gasteiger partial charge in [-0.3, -0.25) is 0 Å². The first-order valence-electron chi connectivity index (χ1n) is 5.27. The Balaban J connectivity index is 2.59. The third-order valence-corrected chi connectivity index (χ3v) is 2.74. The Labute approximate surface area is 109 Å². The first-order chi connectivity index (χ1) is 8.45. The summed E-state index contributed by atoms with van der Waals surface area (Å²) in [6, 6.07) is 8.99. The fourth-order valence-corrected chi connectivity index (χ4v) is 2.02. The SMILES string of the molecule is Cc1cc(C(=O)O)cc(-c2cc(F)cc(Cl)c2)c1. The van der Waals surface area contributed by atoms with Crippen LogP contribution in [-0.2, 0) is 0 Å². The summed E-state index contributed by atoms with van der Waals surface area (Å²) in [7, 11) is 0. The number of benzene rings is 2. The summed E-state index contributed by atoms with van der Waals surface area (Å²) in [5, 5.41) is 9.27. The third-order valence-electron chi connectivity index (χ3n) is 2.52. The zero-order valence-electron chi connectivity index (χ0n) is 9.58. The van der Waals surface area contributed by atoms with E-state index in [1.165, 1.54) is 18.2 Å². The molecule has 2 aromatic rings. The number of rotatable bonds is 2. The highest BCUT2D eigenvalue weighted by Gasteiger charge is 2.08. The highest BCUT2D eigenvalue weighted by molar-refractivity contribution is 6.30. The second kappa shape index (κ2) is 4.78. The highest BCUT2D eigenvalue weighted by Crippen LogP contribution is 2.26. The fourth-order valence-electron chi connectivity index (χ4n) is 1.79. The molecule has 0 unspecified atom stereocenters. The molecule has 0 bridgehead atoms. The molecule has 0 fully saturated rings. The van der Waals surface area contributed by atoms with Crippen molar-refractivity contribution in [3.05, 3.63) is 58.4 Å². The number of aryl methyl sites for hydroxylation is 1. The topological polar surface area (TPSA) is 37.3 Å². The monoisotopic (exact) mass is 264 g/mol. The summed E-state index contributed by atoms with van der Waals surface area (Å²) >= 11 is 5.79. The van der Waals surface area contributed by atoms with Crippen LogP contribution in [0, 0.1) is 12.7 Å². The largest absolute Gasteiger partial charge is 0.478 e. The lowest BCUT2D eigenvalue weighted by molar-refractivity contribution is 0.0697. The van der Waals surface area contributed by atoms with Crippen molar-refractivity contribution >= 4 is 17.6 Å². The first-order valence-corrected chi connectivity index (χ1v) is 5.65. The van der Waals surface area contributed by atoms with Crippen molar-refractivity contribution in [1.82, 2.24) is 0 Å². The maximum absolute atomic E-state index is 13.3. The molecule has 0 aliphatic rings. The van der Waals surface area contributed by atoms with Crippen LogP contribution in [0.4, 0.5) is 4.39 Å². The van der Waals surface area contributed by atoms with E-state index in [1.54, 1.807) is 25.1 Å². The minimum atomic E-state index is -1.01. The molecule has 0 aromatic heterocycles. The predicted molar refractivity (Wildman–Crippen MR) is 68.5 cm³/mol. The number of hydrogen-bond donors (Lipinski definition) is 1. The molecular formula is C14H10ClFO2. The van der Waals surface area contributed by atoms with E-state index in [4.69, 9.17) is 16.7 Å². The molecule has 0 radical (unpaired) electrons. The number of carbonyl (C=O) groups is 1. The van der Waals surface area contributed by atoms with Gasteiger partial charge in [0.05, 0.1) is 5.56 Å². The molecule has 18 heavy (non-hydrogen) atoms. The van der Waals surface area contributed by atoms with Crippen molar-refractivity contribution in [3.63, 3.8) is 0 Å². The molecule has 1 N–H and O–H groups in total. The molecule has 0 atom stereocenters. The van der Waals surface area contributed by atoms with Crippen LogP contribution in [0.5, 0.6) is 0 Å². The smallest absolute Gasteiger partial charge is 0.335 e. The lowest BCUT2D eigenvalue weighted by atomic mass is 10.0. The summed E-state index contributed by atoms with van der Waals surface area (Å²) in [6.45, 7) is 1.79. The lowest BCUT2D eigenvalue weighted by Crippen LogP contribution is -1.97. The maximum atomic E-state index is 13.3. The minimum Gasteiger partial charge on any atom is -0.478 e. The van der Waals surface area contributed by atoms with E-state index in [2.05, 4.69) is 0 Å². The second-order valence-electron chi connectivity index (χ2n) is 4.05. The summed E-state index contributed by atoms with van der Waals surface area (Å²) in [5.41, 5.74) is 2.16. The molecule has 0 saturated carbocycles. The molecule has 0 saturated heterocycles. The Morgan fingerprint density at radius 2 is 1.78 bits per heavy atom. The first kappa shape index (κ1) is 12.6. The summed E-state index contributed by atoms with van der Waals surface area (Å²) in [6.07, 6.45) is 0. The van der Waals surface area contributed by atoms with Gasteiger partial charge in [-0.2, -0.15) is 0 Å². The van der Waals surface area contributed by atoms with Gasteiger partial charge in [-0.05, 0) is 53.9 Å². The van der Waals surface area contributed by atoms with Crippen LogP contribution in [-0.4, -0.2) is 11.1 Å². The molecule has 0 heterocycles. The molecule has 2 nitrogen and oxygen atoms in total. The second-order valence-corrected chi connectivity index (χ2v) is 4.49. The molecule has 0 amide bonds. The summed E-state index contributed by atoms with van der Waals surface area (Å²) < 4.78 is 13.3. The number of aromatic carboxylic acids is 1. The Bertz CT molecular complexity index is 603. The summed E-state index contributed by atoms with van der Waals surface area (Å²) in [4.78, 5) is 11.0. The molecular weight excluding hydrogens is 255 g/mol. The number of hydrogen-bond acceptors (Lipinski definition) is 1. The standard InChI is InChI=1S/C14H10ClFO2/c1-8-2-9(4-11(3-8)14(17)18)10-5-12(15)7-13(16)6-10/h2-7H,1H3,(H,17,18). The van der Waals surface area contributed by atoms with E-state index >= 15 is 0 Å². The van der Waals surface area contributed by atoms with E-state index in [-0.39, 0.29) is 10.6 Å². The van der Waals surface area contributed by atoms with Gasteiger partial charge >= 0.3 is 5.97 Å². The van der Waals surface area contributed by atoms with Gasteiger partial charge in [0.15, 0.2) is 0 Å². The molecule has 0 aliphatic heterocycles. The van der Waals surface area contributed by atoms with Crippen LogP contribution >= 0.6 is 11.6 Å². The molecule has 0 aliphatic carbocycles. The Morgan fingerprint density at radius 3 is 2.39 bits per heavy atom. The van der Waals surface area contributed by atoms with Gasteiger partial charge in [-0.1, -0.05) is 17.7 Å². The van der Waals surface area contributed by atoms with Gasteiger partial charge in [0.1, 0.15) is 5.82 Å². The summed E-state index contributed by atoms with van der Waals surface area (Å²) in [5.74, 6) is -1.46. The Kier molecular flexibility index (Phi) is 3.34. The van der Waals surface area contributed by atoms with E-state index in [9.17, 15) is 9.18 Å². The van der Waals surface area contributed by atoms with E-state index in [0.717, 1.165) is 5.56 Å². The van der Waals surface area contributed by atoms with Crippen LogP contribution in [0.3, 0.4) is 0 Å². The normalized spacial score (nSPS) is 10.4. The third kappa shape index (κ3) is 2.68. The molecule has 92 valence electrons. The van der Waals surface area contributed by atoms with Crippen molar-refractivity contribution in [3.8, 4) is 11.1 Å². The van der Waals surface area contributed by atoms with Crippen LogP contribution in [0.1, 0.15) is 15.9 Å². The van der Waals surface area contributed by atoms with E-state index < -0.39 is 11.8 Å². The highest BCUT2D eigenvalue weighted by atomic mass is 35.5. The number of carboxylic acid groups (broad SMARTS) is 1. The average molecular weight is 265 g/mol. The predicted octanol–water partition coefficient (Wildman–Crippen LogP) is 4.15. The van der Waals surface area contributed by atoms with Gasteiger partial charge < -0.3 is 5.11 Å². The number of halogens is 2. The fraction of sp³-hybridized carbons (Fsp3) is 0.0714. The Morgan fingerprint density at radius 1 is 1.11 bits per heavy atom. The van der Waals surface area contributed by atoms with Gasteiger partial charge in [0.25, 0.3) is 0 Å². The van der Waals surface area contributed by atoms with Crippen molar-refractivity contribution in [2.75, 3.05) is 0 Å². The molecule has 2 aromatic carbocycles.